The van der Waals surface area contributed by atoms with Crippen molar-refractivity contribution in [3.05, 3.63) is 71.0 Å². The van der Waals surface area contributed by atoms with Gasteiger partial charge in [-0.05, 0) is 48.9 Å². The van der Waals surface area contributed by atoms with Gasteiger partial charge in [0.15, 0.2) is 0 Å². The number of hydrogen-bond acceptors (Lipinski definition) is 3. The molecule has 0 saturated carbocycles. The summed E-state index contributed by atoms with van der Waals surface area (Å²) in [4.78, 5) is 11.6. The van der Waals surface area contributed by atoms with Crippen molar-refractivity contribution in [1.82, 2.24) is 0 Å². The SMILES string of the molecule is Cc1ccc(C=CC(=O)Oc2ccc(C#N)cc2)c(F)c1. The van der Waals surface area contributed by atoms with Crippen molar-refractivity contribution >= 4 is 12.0 Å². The van der Waals surface area contributed by atoms with E-state index in [0.29, 0.717) is 16.9 Å². The Morgan fingerprint density at radius 2 is 1.95 bits per heavy atom. The van der Waals surface area contributed by atoms with Crippen LogP contribution in [0.15, 0.2) is 48.5 Å². The van der Waals surface area contributed by atoms with Gasteiger partial charge in [0, 0.05) is 11.6 Å². The van der Waals surface area contributed by atoms with E-state index in [2.05, 4.69) is 0 Å². The van der Waals surface area contributed by atoms with E-state index in [1.807, 2.05) is 6.07 Å². The van der Waals surface area contributed by atoms with Gasteiger partial charge in [0.1, 0.15) is 11.6 Å². The summed E-state index contributed by atoms with van der Waals surface area (Å²) in [6, 6.07) is 12.9. The summed E-state index contributed by atoms with van der Waals surface area (Å²) in [6.07, 6.45) is 2.52. The van der Waals surface area contributed by atoms with E-state index in [4.69, 9.17) is 10.00 Å². The standard InChI is InChI=1S/C17H12FNO2/c1-12-2-5-14(16(18)10-12)6-9-17(20)21-15-7-3-13(11-19)4-8-15/h2-10H,1H3. The molecule has 0 aliphatic carbocycles. The van der Waals surface area contributed by atoms with E-state index in [-0.39, 0.29) is 0 Å². The fraction of sp³-hybridized carbons (Fsp3) is 0.0588. The van der Waals surface area contributed by atoms with Crippen LogP contribution < -0.4 is 4.74 Å². The molecule has 0 aromatic heterocycles. The Balaban J connectivity index is 2.03. The first kappa shape index (κ1) is 14.5. The highest BCUT2D eigenvalue weighted by molar-refractivity contribution is 5.88. The van der Waals surface area contributed by atoms with Crippen molar-refractivity contribution in [2.75, 3.05) is 0 Å². The number of aryl methyl sites for hydroxylation is 1. The molecule has 0 bridgehead atoms. The Bertz CT molecular complexity index is 727. The number of ether oxygens (including phenoxy) is 1. The van der Waals surface area contributed by atoms with Crippen LogP contribution in [0.5, 0.6) is 5.75 Å². The molecule has 2 rings (SSSR count). The third-order valence-corrected chi connectivity index (χ3v) is 2.76. The second-order valence-corrected chi connectivity index (χ2v) is 4.42. The minimum Gasteiger partial charge on any atom is -0.423 e. The Labute approximate surface area is 121 Å². The normalized spacial score (nSPS) is 10.3. The third-order valence-electron chi connectivity index (χ3n) is 2.76. The van der Waals surface area contributed by atoms with Gasteiger partial charge in [0.05, 0.1) is 11.6 Å². The van der Waals surface area contributed by atoms with Gasteiger partial charge < -0.3 is 4.74 Å². The number of nitrogens with zero attached hydrogens (tertiary/aromatic N) is 1. The second kappa shape index (κ2) is 6.49. The quantitative estimate of drug-likeness (QED) is 0.490. The largest absolute Gasteiger partial charge is 0.423 e. The fourth-order valence-corrected chi connectivity index (χ4v) is 1.67. The number of rotatable bonds is 3. The van der Waals surface area contributed by atoms with Crippen LogP contribution in [0, 0.1) is 24.1 Å². The molecule has 0 spiro atoms. The maximum absolute atomic E-state index is 13.6. The molecule has 0 atom stereocenters. The molecule has 21 heavy (non-hydrogen) atoms. The lowest BCUT2D eigenvalue weighted by Gasteiger charge is -2.01. The highest BCUT2D eigenvalue weighted by Gasteiger charge is 2.03. The van der Waals surface area contributed by atoms with Crippen LogP contribution in [0.2, 0.25) is 0 Å². The minimum absolute atomic E-state index is 0.317. The lowest BCUT2D eigenvalue weighted by Crippen LogP contribution is -2.03. The average molecular weight is 281 g/mol. The molecule has 4 heteroatoms. The molecule has 0 unspecified atom stereocenters. The van der Waals surface area contributed by atoms with Crippen molar-refractivity contribution < 1.29 is 13.9 Å². The number of nitriles is 1. The van der Waals surface area contributed by atoms with Gasteiger partial charge in [0.2, 0.25) is 0 Å². The predicted molar refractivity (Wildman–Crippen MR) is 77.0 cm³/mol. The van der Waals surface area contributed by atoms with Crippen LogP contribution in [0.1, 0.15) is 16.7 Å². The van der Waals surface area contributed by atoms with Crippen molar-refractivity contribution in [2.45, 2.75) is 6.92 Å². The first-order valence-corrected chi connectivity index (χ1v) is 6.25. The summed E-state index contributed by atoms with van der Waals surface area (Å²) in [6.45, 7) is 1.79. The van der Waals surface area contributed by atoms with E-state index in [0.717, 1.165) is 11.6 Å². The van der Waals surface area contributed by atoms with Gasteiger partial charge in [-0.15, -0.1) is 0 Å². The second-order valence-electron chi connectivity index (χ2n) is 4.42. The van der Waals surface area contributed by atoms with Gasteiger partial charge in [0.25, 0.3) is 0 Å². The van der Waals surface area contributed by atoms with Crippen LogP contribution in [-0.2, 0) is 4.79 Å². The summed E-state index contributed by atoms with van der Waals surface area (Å²) >= 11 is 0. The molecule has 2 aromatic rings. The van der Waals surface area contributed by atoms with Crippen molar-refractivity contribution in [3.63, 3.8) is 0 Å². The van der Waals surface area contributed by atoms with E-state index < -0.39 is 11.8 Å². The summed E-state index contributed by atoms with van der Waals surface area (Å²) in [7, 11) is 0. The molecule has 0 aliphatic heterocycles. The zero-order valence-electron chi connectivity index (χ0n) is 11.3. The zero-order valence-corrected chi connectivity index (χ0v) is 11.3. The Morgan fingerprint density at radius 3 is 2.57 bits per heavy atom. The van der Waals surface area contributed by atoms with Crippen molar-refractivity contribution in [1.29, 1.82) is 5.26 Å². The van der Waals surface area contributed by atoms with Crippen LogP contribution in [0.3, 0.4) is 0 Å². The maximum atomic E-state index is 13.6. The number of esters is 1. The molecule has 0 N–H and O–H groups in total. The molecule has 0 saturated heterocycles. The van der Waals surface area contributed by atoms with Gasteiger partial charge in [-0.25, -0.2) is 9.18 Å². The van der Waals surface area contributed by atoms with E-state index in [9.17, 15) is 9.18 Å². The van der Waals surface area contributed by atoms with Crippen molar-refractivity contribution in [2.24, 2.45) is 0 Å². The molecule has 0 aliphatic rings. The average Bonchev–Trinajstić information content (AvgIpc) is 2.47. The summed E-state index contributed by atoms with van der Waals surface area (Å²) in [5.74, 6) is -0.676. The van der Waals surface area contributed by atoms with Gasteiger partial charge in [-0.1, -0.05) is 12.1 Å². The van der Waals surface area contributed by atoms with E-state index >= 15 is 0 Å². The van der Waals surface area contributed by atoms with Crippen LogP contribution in [0.4, 0.5) is 4.39 Å². The number of carbonyl (C=O) groups excluding carboxylic acids is 1. The maximum Gasteiger partial charge on any atom is 0.336 e. The number of carbonyl (C=O) groups is 1. The molecule has 0 amide bonds. The molecular formula is C17H12FNO2. The topological polar surface area (TPSA) is 50.1 Å². The first-order chi connectivity index (χ1) is 10.1. The van der Waals surface area contributed by atoms with E-state index in [1.54, 1.807) is 31.2 Å². The van der Waals surface area contributed by atoms with E-state index in [1.165, 1.54) is 24.3 Å². The highest BCUT2D eigenvalue weighted by atomic mass is 19.1. The third kappa shape index (κ3) is 4.02. The Hall–Kier alpha value is -2.93. The fourth-order valence-electron chi connectivity index (χ4n) is 1.67. The molecule has 104 valence electrons. The minimum atomic E-state index is -0.611. The molecule has 0 heterocycles. The number of hydrogen-bond donors (Lipinski definition) is 0. The Morgan fingerprint density at radius 1 is 1.24 bits per heavy atom. The number of benzene rings is 2. The van der Waals surface area contributed by atoms with Gasteiger partial charge in [-0.3, -0.25) is 0 Å². The zero-order chi connectivity index (χ0) is 15.2. The Kier molecular flexibility index (Phi) is 4.47. The first-order valence-electron chi connectivity index (χ1n) is 6.25. The number of halogens is 1. The van der Waals surface area contributed by atoms with Gasteiger partial charge >= 0.3 is 5.97 Å². The molecule has 3 nitrogen and oxygen atoms in total. The van der Waals surface area contributed by atoms with Crippen LogP contribution >= 0.6 is 0 Å². The molecular weight excluding hydrogens is 269 g/mol. The lowest BCUT2D eigenvalue weighted by atomic mass is 10.1. The smallest absolute Gasteiger partial charge is 0.336 e. The predicted octanol–water partition coefficient (Wildman–Crippen LogP) is 3.62. The molecule has 0 fully saturated rings. The molecule has 2 aromatic carbocycles. The summed E-state index contributed by atoms with van der Waals surface area (Å²) in [5.41, 5.74) is 1.61. The summed E-state index contributed by atoms with van der Waals surface area (Å²) in [5, 5.41) is 8.66. The van der Waals surface area contributed by atoms with Crippen molar-refractivity contribution in [3.8, 4) is 11.8 Å². The monoisotopic (exact) mass is 281 g/mol. The lowest BCUT2D eigenvalue weighted by molar-refractivity contribution is -0.128. The van der Waals surface area contributed by atoms with Crippen LogP contribution in [-0.4, -0.2) is 5.97 Å². The molecule has 0 radical (unpaired) electrons. The van der Waals surface area contributed by atoms with Gasteiger partial charge in [-0.2, -0.15) is 5.26 Å². The van der Waals surface area contributed by atoms with Crippen LogP contribution in [0.25, 0.3) is 6.08 Å². The summed E-state index contributed by atoms with van der Waals surface area (Å²) < 4.78 is 18.6. The highest BCUT2D eigenvalue weighted by Crippen LogP contribution is 2.14.